The topological polar surface area (TPSA) is 29.5 Å². The highest BCUT2D eigenvalue weighted by atomic mass is 79.9. The maximum atomic E-state index is 9.19. The van der Waals surface area contributed by atoms with E-state index in [0.717, 1.165) is 0 Å². The predicted octanol–water partition coefficient (Wildman–Crippen LogP) is 2.82. The molecule has 0 aliphatic heterocycles. The molecule has 0 aromatic heterocycles. The molecule has 0 atom stereocenters. The van der Waals surface area contributed by atoms with Crippen molar-refractivity contribution in [2.45, 2.75) is 0 Å². The van der Waals surface area contributed by atoms with Crippen molar-refractivity contribution >= 4 is 27.5 Å². The van der Waals surface area contributed by atoms with Gasteiger partial charge in [0.05, 0.1) is 16.6 Å². The molecular weight excluding hydrogens is 231 g/mol. The Morgan fingerprint density at radius 2 is 2.18 bits per heavy atom. The number of hydrogen-bond donors (Lipinski definition) is 1. The van der Waals surface area contributed by atoms with E-state index in [1.54, 1.807) is 12.1 Å². The summed E-state index contributed by atoms with van der Waals surface area (Å²) in [5.74, 6) is 0.646. The van der Waals surface area contributed by atoms with Crippen LogP contribution in [0.4, 0.5) is 0 Å². The average Bonchev–Trinajstić information content (AvgIpc) is 1.99. The van der Waals surface area contributed by atoms with Gasteiger partial charge in [-0.15, -0.1) is 0 Å². The summed E-state index contributed by atoms with van der Waals surface area (Å²) < 4.78 is 5.43. The minimum absolute atomic E-state index is 0.0347. The summed E-state index contributed by atoms with van der Waals surface area (Å²) >= 11 is 8.76. The molecule has 0 radical (unpaired) electrons. The summed E-state index contributed by atoms with van der Waals surface area (Å²) in [4.78, 5) is 0. The summed E-state index contributed by atoms with van der Waals surface area (Å²) in [6.07, 6.45) is 0. The van der Waals surface area contributed by atoms with Crippen LogP contribution in [0, 0.1) is 0 Å². The Morgan fingerprint density at radius 3 is 2.64 bits per heavy atom. The summed E-state index contributed by atoms with van der Waals surface area (Å²) in [6, 6.07) is 3.18. The van der Waals surface area contributed by atoms with E-state index in [2.05, 4.69) is 15.9 Å². The van der Waals surface area contributed by atoms with Gasteiger partial charge in [0.15, 0.2) is 0 Å². The number of hydrogen-bond acceptors (Lipinski definition) is 2. The van der Waals surface area contributed by atoms with Crippen molar-refractivity contribution in [1.82, 2.24) is 0 Å². The molecule has 0 unspecified atom stereocenters. The number of aromatic hydroxyl groups is 1. The first-order valence-electron chi connectivity index (χ1n) is 2.87. The lowest BCUT2D eigenvalue weighted by Gasteiger charge is -2.03. The second kappa shape index (κ2) is 3.32. The molecule has 1 aromatic carbocycles. The molecule has 11 heavy (non-hydrogen) atoms. The molecule has 4 heteroatoms. The fraction of sp³-hybridized carbons (Fsp3) is 0.143. The van der Waals surface area contributed by atoms with Gasteiger partial charge in [-0.05, 0) is 22.0 Å². The Bertz CT molecular complexity index is 252. The van der Waals surface area contributed by atoms with E-state index < -0.39 is 0 Å². The third-order valence-electron chi connectivity index (χ3n) is 1.23. The molecule has 0 aliphatic carbocycles. The van der Waals surface area contributed by atoms with E-state index >= 15 is 0 Å². The zero-order valence-electron chi connectivity index (χ0n) is 5.77. The number of benzene rings is 1. The van der Waals surface area contributed by atoms with Crippen molar-refractivity contribution in [2.75, 3.05) is 7.11 Å². The Hall–Kier alpha value is -0.410. The second-order valence-electron chi connectivity index (χ2n) is 1.94. The molecule has 2 nitrogen and oxygen atoms in total. The Labute approximate surface area is 77.9 Å². The quantitative estimate of drug-likeness (QED) is 0.814. The third-order valence-corrected chi connectivity index (χ3v) is 2.12. The molecule has 60 valence electrons. The first-order valence-corrected chi connectivity index (χ1v) is 4.04. The monoisotopic (exact) mass is 236 g/mol. The van der Waals surface area contributed by atoms with Gasteiger partial charge in [0.1, 0.15) is 11.5 Å². The summed E-state index contributed by atoms with van der Waals surface area (Å²) in [5.41, 5.74) is 0. The summed E-state index contributed by atoms with van der Waals surface area (Å²) in [5, 5.41) is 9.47. The molecular formula is C7H6BrClO2. The van der Waals surface area contributed by atoms with Gasteiger partial charge in [-0.1, -0.05) is 11.6 Å². The van der Waals surface area contributed by atoms with Crippen LogP contribution < -0.4 is 4.74 Å². The van der Waals surface area contributed by atoms with E-state index in [1.165, 1.54) is 7.11 Å². The van der Waals surface area contributed by atoms with Gasteiger partial charge >= 0.3 is 0 Å². The van der Waals surface area contributed by atoms with Gasteiger partial charge in [-0.25, -0.2) is 0 Å². The first kappa shape index (κ1) is 8.68. The molecule has 1 rings (SSSR count). The van der Waals surface area contributed by atoms with Crippen molar-refractivity contribution in [1.29, 1.82) is 0 Å². The van der Waals surface area contributed by atoms with Gasteiger partial charge in [0.2, 0.25) is 0 Å². The fourth-order valence-corrected chi connectivity index (χ4v) is 1.42. The largest absolute Gasteiger partial charge is 0.505 e. The van der Waals surface area contributed by atoms with Gasteiger partial charge in [-0.2, -0.15) is 0 Å². The van der Waals surface area contributed by atoms with E-state index in [1.807, 2.05) is 0 Å². The molecule has 0 saturated carbocycles. The molecule has 0 aliphatic rings. The Balaban J connectivity index is 3.21. The zero-order chi connectivity index (χ0) is 8.43. The van der Waals surface area contributed by atoms with Crippen LogP contribution in [0.15, 0.2) is 16.6 Å². The van der Waals surface area contributed by atoms with E-state index in [0.29, 0.717) is 10.2 Å². The minimum atomic E-state index is 0.0347. The standard InChI is InChI=1S/C7H6BrClO2/c1-11-4-2-5(8)7(10)6(9)3-4/h2-3,10H,1H3. The van der Waals surface area contributed by atoms with Crippen molar-refractivity contribution < 1.29 is 9.84 Å². The van der Waals surface area contributed by atoms with Crippen molar-refractivity contribution in [3.8, 4) is 11.5 Å². The number of halogens is 2. The van der Waals surface area contributed by atoms with Crippen LogP contribution in [-0.4, -0.2) is 12.2 Å². The highest BCUT2D eigenvalue weighted by Gasteiger charge is 2.05. The number of phenolic OH excluding ortho intramolecular Hbond substituents is 1. The fourth-order valence-electron chi connectivity index (χ4n) is 0.660. The van der Waals surface area contributed by atoms with Gasteiger partial charge < -0.3 is 9.84 Å². The third kappa shape index (κ3) is 1.79. The molecule has 0 amide bonds. The van der Waals surface area contributed by atoms with Crippen LogP contribution in [0.3, 0.4) is 0 Å². The molecule has 0 fully saturated rings. The number of rotatable bonds is 1. The lowest BCUT2D eigenvalue weighted by Crippen LogP contribution is -1.82. The van der Waals surface area contributed by atoms with E-state index in [9.17, 15) is 5.11 Å². The van der Waals surface area contributed by atoms with Crippen LogP contribution in [0.2, 0.25) is 5.02 Å². The highest BCUT2D eigenvalue weighted by Crippen LogP contribution is 2.35. The average molecular weight is 237 g/mol. The smallest absolute Gasteiger partial charge is 0.148 e. The molecule has 0 saturated heterocycles. The maximum Gasteiger partial charge on any atom is 0.148 e. The Kier molecular flexibility index (Phi) is 2.62. The molecule has 0 bridgehead atoms. The minimum Gasteiger partial charge on any atom is -0.505 e. The zero-order valence-corrected chi connectivity index (χ0v) is 8.11. The van der Waals surface area contributed by atoms with E-state index in [-0.39, 0.29) is 10.8 Å². The lowest BCUT2D eigenvalue weighted by atomic mass is 10.3. The van der Waals surface area contributed by atoms with Gasteiger partial charge in [-0.3, -0.25) is 0 Å². The molecule has 1 N–H and O–H groups in total. The highest BCUT2D eigenvalue weighted by molar-refractivity contribution is 9.10. The number of ether oxygens (including phenoxy) is 1. The number of methoxy groups -OCH3 is 1. The molecule has 1 aromatic rings. The lowest BCUT2D eigenvalue weighted by molar-refractivity contribution is 0.411. The Morgan fingerprint density at radius 1 is 1.55 bits per heavy atom. The normalized spacial score (nSPS) is 9.73. The van der Waals surface area contributed by atoms with Gasteiger partial charge in [0.25, 0.3) is 0 Å². The summed E-state index contributed by atoms with van der Waals surface area (Å²) in [7, 11) is 1.54. The molecule has 0 heterocycles. The van der Waals surface area contributed by atoms with Crippen molar-refractivity contribution in [3.05, 3.63) is 21.6 Å². The predicted molar refractivity (Wildman–Crippen MR) is 47.4 cm³/mol. The second-order valence-corrected chi connectivity index (χ2v) is 3.20. The maximum absolute atomic E-state index is 9.19. The SMILES string of the molecule is COc1cc(Cl)c(O)c(Br)c1. The van der Waals surface area contributed by atoms with Crippen LogP contribution in [0.1, 0.15) is 0 Å². The van der Waals surface area contributed by atoms with Crippen molar-refractivity contribution in [2.24, 2.45) is 0 Å². The summed E-state index contributed by atoms with van der Waals surface area (Å²) in [6.45, 7) is 0. The van der Waals surface area contributed by atoms with Crippen LogP contribution >= 0.6 is 27.5 Å². The van der Waals surface area contributed by atoms with Gasteiger partial charge in [0, 0.05) is 6.07 Å². The number of phenols is 1. The van der Waals surface area contributed by atoms with Crippen LogP contribution in [0.5, 0.6) is 11.5 Å². The first-order chi connectivity index (χ1) is 5.15. The van der Waals surface area contributed by atoms with Crippen molar-refractivity contribution in [3.63, 3.8) is 0 Å². The van der Waals surface area contributed by atoms with E-state index in [4.69, 9.17) is 16.3 Å². The molecule has 0 spiro atoms. The van der Waals surface area contributed by atoms with Crippen LogP contribution in [-0.2, 0) is 0 Å². The van der Waals surface area contributed by atoms with Crippen LogP contribution in [0.25, 0.3) is 0 Å².